The van der Waals surface area contributed by atoms with Crippen molar-refractivity contribution >= 4 is 24.8 Å². The quantitative estimate of drug-likeness (QED) is 0.630. The van der Waals surface area contributed by atoms with E-state index in [1.807, 2.05) is 20.0 Å². The Morgan fingerprint density at radius 3 is 2.00 bits per heavy atom. The summed E-state index contributed by atoms with van der Waals surface area (Å²) >= 11 is 0. The highest BCUT2D eigenvalue weighted by atomic mass is 35.5. The van der Waals surface area contributed by atoms with Crippen LogP contribution in [0.4, 0.5) is 0 Å². The monoisotopic (exact) mass is 168 g/mol. The molecule has 0 amide bonds. The zero-order valence-electron chi connectivity index (χ0n) is 5.34. The lowest BCUT2D eigenvalue weighted by Crippen LogP contribution is -1.70. The van der Waals surface area contributed by atoms with E-state index in [0.29, 0.717) is 0 Å². The van der Waals surface area contributed by atoms with Gasteiger partial charge in [0.25, 0.3) is 0 Å². The summed E-state index contributed by atoms with van der Waals surface area (Å²) in [6.45, 7) is 4.00. The third kappa shape index (κ3) is 2.72. The molecule has 0 atom stereocenters. The van der Waals surface area contributed by atoms with Gasteiger partial charge in [0.1, 0.15) is 0 Å². The van der Waals surface area contributed by atoms with Gasteiger partial charge in [0.15, 0.2) is 0 Å². The maximum Gasteiger partial charge on any atom is 0.0620 e. The molecule has 1 aromatic heterocycles. The molecule has 0 saturated heterocycles. The van der Waals surface area contributed by atoms with Crippen molar-refractivity contribution in [3.63, 3.8) is 0 Å². The molecule has 0 aromatic carbocycles. The number of hydrogen-bond acceptors (Lipinski definition) is 1. The lowest BCUT2D eigenvalue weighted by molar-refractivity contribution is 1.04. The van der Waals surface area contributed by atoms with Gasteiger partial charge in [-0.15, -0.1) is 24.8 Å². The second-order valence-corrected chi connectivity index (χ2v) is 1.65. The van der Waals surface area contributed by atoms with Crippen LogP contribution in [0.25, 0.3) is 0 Å². The van der Waals surface area contributed by atoms with E-state index in [9.17, 15) is 0 Å². The second kappa shape index (κ2) is 4.65. The van der Waals surface area contributed by atoms with Crippen LogP contribution < -0.4 is 0 Å². The van der Waals surface area contributed by atoms with Crippen molar-refractivity contribution in [2.75, 3.05) is 0 Å². The molecule has 1 heterocycles. The van der Waals surface area contributed by atoms with E-state index in [4.69, 9.17) is 0 Å². The Kier molecular flexibility index (Phi) is 5.98. The van der Waals surface area contributed by atoms with Gasteiger partial charge in [0, 0.05) is 6.20 Å². The minimum absolute atomic E-state index is 0. The maximum atomic E-state index is 3.89. The number of nitrogens with one attached hydrogen (secondary N) is 1. The molecule has 0 unspecified atom stereocenters. The summed E-state index contributed by atoms with van der Waals surface area (Å²) in [6, 6.07) is 0. The lowest BCUT2D eigenvalue weighted by atomic mass is 10.3. The van der Waals surface area contributed by atoms with E-state index < -0.39 is 0 Å². The van der Waals surface area contributed by atoms with Crippen molar-refractivity contribution in [3.8, 4) is 0 Å². The van der Waals surface area contributed by atoms with Crippen LogP contribution in [0.5, 0.6) is 0 Å². The Labute approximate surface area is 66.9 Å². The molecule has 0 saturated carbocycles. The summed E-state index contributed by atoms with van der Waals surface area (Å²) in [5, 5.41) is 6.64. The molecule has 1 rings (SSSR count). The number of aryl methyl sites for hydroxylation is 2. The summed E-state index contributed by atoms with van der Waals surface area (Å²) < 4.78 is 0. The van der Waals surface area contributed by atoms with E-state index in [1.165, 1.54) is 5.56 Å². The predicted octanol–water partition coefficient (Wildman–Crippen LogP) is 1.87. The van der Waals surface area contributed by atoms with Gasteiger partial charge in [-0.1, -0.05) is 0 Å². The summed E-state index contributed by atoms with van der Waals surface area (Å²) in [5.74, 6) is 0. The first kappa shape index (κ1) is 11.6. The number of H-pyrrole nitrogens is 1. The molecule has 1 aromatic rings. The Morgan fingerprint density at radius 2 is 1.89 bits per heavy atom. The van der Waals surface area contributed by atoms with Gasteiger partial charge < -0.3 is 0 Å². The molecular weight excluding hydrogens is 159 g/mol. The van der Waals surface area contributed by atoms with Gasteiger partial charge in [-0.25, -0.2) is 0 Å². The Balaban J connectivity index is 0. The van der Waals surface area contributed by atoms with Crippen LogP contribution in [0.2, 0.25) is 0 Å². The van der Waals surface area contributed by atoms with Gasteiger partial charge in [0.2, 0.25) is 0 Å². The molecule has 0 radical (unpaired) electrons. The molecule has 0 bridgehead atoms. The average Bonchev–Trinajstić information content (AvgIpc) is 1.91. The van der Waals surface area contributed by atoms with Crippen LogP contribution >= 0.6 is 24.8 Å². The van der Waals surface area contributed by atoms with Gasteiger partial charge in [0.05, 0.1) is 5.69 Å². The lowest BCUT2D eigenvalue weighted by Gasteiger charge is -1.76. The minimum Gasteiger partial charge on any atom is -0.285 e. The highest BCUT2D eigenvalue weighted by Crippen LogP contribution is 1.96. The molecule has 2 nitrogen and oxygen atoms in total. The standard InChI is InChI=1S/C5H8N2.2ClH/c1-4-3-6-7-5(4)2;;/h3H,1-2H3,(H,6,7);2*1H. The fraction of sp³-hybridized carbons (Fsp3) is 0.400. The average molecular weight is 169 g/mol. The largest absolute Gasteiger partial charge is 0.285 e. The molecule has 0 aliphatic heterocycles. The fourth-order valence-corrected chi connectivity index (χ4v) is 0.419. The zero-order chi connectivity index (χ0) is 5.28. The number of aromatic amines is 1. The van der Waals surface area contributed by atoms with Gasteiger partial charge in [-0.05, 0) is 19.4 Å². The van der Waals surface area contributed by atoms with Crippen LogP contribution in [-0.2, 0) is 0 Å². The predicted molar refractivity (Wildman–Crippen MR) is 42.6 cm³/mol. The number of halogens is 2. The number of aromatic nitrogens is 2. The van der Waals surface area contributed by atoms with Gasteiger partial charge >= 0.3 is 0 Å². The summed E-state index contributed by atoms with van der Waals surface area (Å²) in [5.41, 5.74) is 2.31. The van der Waals surface area contributed by atoms with Crippen molar-refractivity contribution in [2.24, 2.45) is 0 Å². The van der Waals surface area contributed by atoms with Crippen molar-refractivity contribution in [2.45, 2.75) is 13.8 Å². The molecule has 0 aliphatic carbocycles. The van der Waals surface area contributed by atoms with Crippen LogP contribution in [0.3, 0.4) is 0 Å². The van der Waals surface area contributed by atoms with E-state index in [1.54, 1.807) is 0 Å². The Bertz CT molecular complexity index is 145. The molecule has 9 heavy (non-hydrogen) atoms. The molecule has 1 N–H and O–H groups in total. The molecular formula is C5H10Cl2N2. The first-order chi connectivity index (χ1) is 3.30. The molecule has 0 fully saturated rings. The van der Waals surface area contributed by atoms with Crippen LogP contribution in [0, 0.1) is 13.8 Å². The van der Waals surface area contributed by atoms with Gasteiger partial charge in [-0.2, -0.15) is 5.10 Å². The van der Waals surface area contributed by atoms with Gasteiger partial charge in [-0.3, -0.25) is 5.10 Å². The first-order valence-electron chi connectivity index (χ1n) is 2.27. The van der Waals surface area contributed by atoms with E-state index in [2.05, 4.69) is 10.2 Å². The van der Waals surface area contributed by atoms with Crippen LogP contribution in [0.15, 0.2) is 6.20 Å². The Hall–Kier alpha value is -0.210. The van der Waals surface area contributed by atoms with Crippen molar-refractivity contribution in [1.29, 1.82) is 0 Å². The molecule has 4 heteroatoms. The van der Waals surface area contributed by atoms with Crippen molar-refractivity contribution in [3.05, 3.63) is 17.5 Å². The maximum absolute atomic E-state index is 3.89. The Morgan fingerprint density at radius 1 is 1.33 bits per heavy atom. The van der Waals surface area contributed by atoms with E-state index in [0.717, 1.165) is 5.69 Å². The SMILES string of the molecule is Cc1c[nH]nc1C.Cl.Cl. The number of hydrogen-bond donors (Lipinski definition) is 1. The van der Waals surface area contributed by atoms with Crippen LogP contribution in [0.1, 0.15) is 11.3 Å². The minimum atomic E-state index is 0. The topological polar surface area (TPSA) is 28.7 Å². The number of rotatable bonds is 0. The van der Waals surface area contributed by atoms with Crippen molar-refractivity contribution in [1.82, 2.24) is 10.2 Å². The molecule has 0 aliphatic rings. The van der Waals surface area contributed by atoms with Crippen LogP contribution in [-0.4, -0.2) is 10.2 Å². The summed E-state index contributed by atoms with van der Waals surface area (Å²) in [7, 11) is 0. The third-order valence-electron chi connectivity index (χ3n) is 1.08. The first-order valence-corrected chi connectivity index (χ1v) is 2.27. The summed E-state index contributed by atoms with van der Waals surface area (Å²) in [6.07, 6.45) is 1.88. The highest BCUT2D eigenvalue weighted by Gasteiger charge is 1.87. The fourth-order valence-electron chi connectivity index (χ4n) is 0.419. The highest BCUT2D eigenvalue weighted by molar-refractivity contribution is 5.85. The number of nitrogens with zero attached hydrogens (tertiary/aromatic N) is 1. The molecule has 54 valence electrons. The van der Waals surface area contributed by atoms with E-state index in [-0.39, 0.29) is 24.8 Å². The third-order valence-corrected chi connectivity index (χ3v) is 1.08. The smallest absolute Gasteiger partial charge is 0.0620 e. The summed E-state index contributed by atoms with van der Waals surface area (Å²) in [4.78, 5) is 0. The molecule has 0 spiro atoms. The second-order valence-electron chi connectivity index (χ2n) is 1.65. The zero-order valence-corrected chi connectivity index (χ0v) is 6.97. The normalized spacial score (nSPS) is 7.33. The van der Waals surface area contributed by atoms with Crippen molar-refractivity contribution < 1.29 is 0 Å². The van der Waals surface area contributed by atoms with E-state index >= 15 is 0 Å².